The maximum atomic E-state index is 12.1. The van der Waals surface area contributed by atoms with Crippen LogP contribution in [0.25, 0.3) is 0 Å². The molecule has 1 N–H and O–H groups in total. The Bertz CT molecular complexity index is 838. The smallest absolute Gasteiger partial charge is 0.271 e. The predicted molar refractivity (Wildman–Crippen MR) is 110 cm³/mol. The maximum Gasteiger partial charge on any atom is 0.271 e. The quantitative estimate of drug-likeness (QED) is 0.567. The first-order valence-electron chi connectivity index (χ1n) is 9.23. The zero-order chi connectivity index (χ0) is 19.9. The summed E-state index contributed by atoms with van der Waals surface area (Å²) in [5, 5.41) is 14.3. The average Bonchev–Trinajstić information content (AvgIpc) is 2.68. The molecule has 0 aromatic heterocycles. The van der Waals surface area contributed by atoms with Crippen LogP contribution in [-0.2, 0) is 11.3 Å². The SMILES string of the molecule is O=C(CCN1CCN(Cc2cccc(Cl)c2)CC1)Nc1cccc([N+](=O)[O-])c1. The molecule has 2 aromatic carbocycles. The molecule has 0 aliphatic carbocycles. The fourth-order valence-corrected chi connectivity index (χ4v) is 3.46. The summed E-state index contributed by atoms with van der Waals surface area (Å²) < 4.78 is 0. The second-order valence-electron chi connectivity index (χ2n) is 6.85. The van der Waals surface area contributed by atoms with Crippen LogP contribution in [0.15, 0.2) is 48.5 Å². The molecular formula is C20H23ClN4O3. The van der Waals surface area contributed by atoms with Crippen molar-refractivity contribution in [2.75, 3.05) is 38.0 Å². The van der Waals surface area contributed by atoms with Crippen LogP contribution in [-0.4, -0.2) is 53.4 Å². The van der Waals surface area contributed by atoms with Crippen LogP contribution in [0.3, 0.4) is 0 Å². The Morgan fingerprint density at radius 1 is 1.07 bits per heavy atom. The van der Waals surface area contributed by atoms with Crippen LogP contribution in [0, 0.1) is 10.1 Å². The van der Waals surface area contributed by atoms with Gasteiger partial charge in [-0.1, -0.05) is 29.8 Å². The van der Waals surface area contributed by atoms with Gasteiger partial charge in [0.2, 0.25) is 5.91 Å². The molecule has 3 rings (SSSR count). The number of nitro groups is 1. The second-order valence-corrected chi connectivity index (χ2v) is 7.29. The molecular weight excluding hydrogens is 380 g/mol. The minimum absolute atomic E-state index is 0.0337. The van der Waals surface area contributed by atoms with Crippen molar-refractivity contribution in [2.45, 2.75) is 13.0 Å². The lowest BCUT2D eigenvalue weighted by Crippen LogP contribution is -2.46. The third-order valence-corrected chi connectivity index (χ3v) is 4.99. The second kappa shape index (κ2) is 9.64. The van der Waals surface area contributed by atoms with Crippen molar-refractivity contribution in [3.63, 3.8) is 0 Å². The van der Waals surface area contributed by atoms with Gasteiger partial charge >= 0.3 is 0 Å². The van der Waals surface area contributed by atoms with Gasteiger partial charge in [-0.05, 0) is 23.8 Å². The first kappa shape index (κ1) is 20.3. The van der Waals surface area contributed by atoms with Crippen LogP contribution in [0.5, 0.6) is 0 Å². The van der Waals surface area contributed by atoms with Crippen molar-refractivity contribution < 1.29 is 9.72 Å². The largest absolute Gasteiger partial charge is 0.326 e. The van der Waals surface area contributed by atoms with E-state index in [9.17, 15) is 14.9 Å². The Labute approximate surface area is 169 Å². The average molecular weight is 403 g/mol. The molecule has 0 saturated carbocycles. The normalized spacial score (nSPS) is 15.3. The Morgan fingerprint density at radius 3 is 2.50 bits per heavy atom. The molecule has 0 spiro atoms. The highest BCUT2D eigenvalue weighted by Crippen LogP contribution is 2.17. The molecule has 8 heteroatoms. The van der Waals surface area contributed by atoms with Gasteiger partial charge in [0.1, 0.15) is 0 Å². The van der Waals surface area contributed by atoms with Gasteiger partial charge in [-0.25, -0.2) is 0 Å². The number of nitrogens with one attached hydrogen (secondary N) is 1. The number of piperazine rings is 1. The topological polar surface area (TPSA) is 78.7 Å². The minimum Gasteiger partial charge on any atom is -0.326 e. The molecule has 1 fully saturated rings. The van der Waals surface area contributed by atoms with Crippen molar-refractivity contribution in [1.82, 2.24) is 9.80 Å². The summed E-state index contributed by atoms with van der Waals surface area (Å²) in [7, 11) is 0. The van der Waals surface area contributed by atoms with Crippen LogP contribution < -0.4 is 5.32 Å². The number of amides is 1. The molecule has 28 heavy (non-hydrogen) atoms. The summed E-state index contributed by atoms with van der Waals surface area (Å²) in [6.45, 7) is 5.25. The predicted octanol–water partition coefficient (Wildman–Crippen LogP) is 3.39. The molecule has 1 aliphatic heterocycles. The van der Waals surface area contributed by atoms with Gasteiger partial charge in [0.25, 0.3) is 5.69 Å². The lowest BCUT2D eigenvalue weighted by molar-refractivity contribution is -0.384. The van der Waals surface area contributed by atoms with Crippen molar-refractivity contribution in [1.29, 1.82) is 0 Å². The Morgan fingerprint density at radius 2 is 1.79 bits per heavy atom. The van der Waals surface area contributed by atoms with Gasteiger partial charge in [-0.15, -0.1) is 0 Å². The summed E-state index contributed by atoms with van der Waals surface area (Å²) in [5.41, 5.74) is 1.62. The number of nitro benzene ring substituents is 1. The standard InChI is InChI=1S/C20H23ClN4O3/c21-17-4-1-3-16(13-17)15-24-11-9-23(10-12-24)8-7-20(26)22-18-5-2-6-19(14-18)25(27)28/h1-6,13-14H,7-12,15H2,(H,22,26). The molecule has 0 radical (unpaired) electrons. The third kappa shape index (κ3) is 6.02. The molecule has 7 nitrogen and oxygen atoms in total. The molecule has 1 amide bonds. The van der Waals surface area contributed by atoms with Gasteiger partial charge in [0, 0.05) is 68.5 Å². The lowest BCUT2D eigenvalue weighted by Gasteiger charge is -2.34. The van der Waals surface area contributed by atoms with Gasteiger partial charge in [-0.2, -0.15) is 0 Å². The van der Waals surface area contributed by atoms with Gasteiger partial charge in [-0.3, -0.25) is 19.8 Å². The number of hydrogen-bond acceptors (Lipinski definition) is 5. The Balaban J connectivity index is 1.39. The van der Waals surface area contributed by atoms with E-state index in [0.29, 0.717) is 18.7 Å². The number of non-ortho nitro benzene ring substituents is 1. The number of anilines is 1. The Hall–Kier alpha value is -2.48. The molecule has 2 aromatic rings. The summed E-state index contributed by atoms with van der Waals surface area (Å²) in [4.78, 5) is 27.1. The van der Waals surface area contributed by atoms with E-state index >= 15 is 0 Å². The van der Waals surface area contributed by atoms with E-state index in [0.717, 1.165) is 37.7 Å². The van der Waals surface area contributed by atoms with Crippen molar-refractivity contribution in [2.24, 2.45) is 0 Å². The van der Waals surface area contributed by atoms with E-state index in [1.807, 2.05) is 18.2 Å². The highest BCUT2D eigenvalue weighted by atomic mass is 35.5. The third-order valence-electron chi connectivity index (χ3n) is 4.76. The number of benzene rings is 2. The summed E-state index contributed by atoms with van der Waals surface area (Å²) in [6.07, 6.45) is 0.358. The van der Waals surface area contributed by atoms with Crippen molar-refractivity contribution in [3.05, 3.63) is 69.2 Å². The fourth-order valence-electron chi connectivity index (χ4n) is 3.24. The number of carbonyl (C=O) groups is 1. The number of halogens is 1. The number of carbonyl (C=O) groups excluding carboxylic acids is 1. The molecule has 0 unspecified atom stereocenters. The zero-order valence-corrected chi connectivity index (χ0v) is 16.3. The molecule has 1 aliphatic rings. The first-order chi connectivity index (χ1) is 13.5. The van der Waals surface area contributed by atoms with Crippen LogP contribution >= 0.6 is 11.6 Å². The van der Waals surface area contributed by atoms with E-state index in [-0.39, 0.29) is 11.6 Å². The first-order valence-corrected chi connectivity index (χ1v) is 9.61. The Kier molecular flexibility index (Phi) is 6.97. The van der Waals surface area contributed by atoms with E-state index in [2.05, 4.69) is 21.2 Å². The number of nitrogens with zero attached hydrogens (tertiary/aromatic N) is 3. The van der Waals surface area contributed by atoms with Crippen LogP contribution in [0.4, 0.5) is 11.4 Å². The van der Waals surface area contributed by atoms with Crippen molar-refractivity contribution in [3.8, 4) is 0 Å². The maximum absolute atomic E-state index is 12.1. The summed E-state index contributed by atoms with van der Waals surface area (Å²) >= 11 is 6.04. The van der Waals surface area contributed by atoms with Gasteiger partial charge in [0.05, 0.1) is 4.92 Å². The number of rotatable bonds is 7. The van der Waals surface area contributed by atoms with Crippen molar-refractivity contribution >= 4 is 28.9 Å². The molecule has 1 saturated heterocycles. The molecule has 1 heterocycles. The van der Waals surface area contributed by atoms with Crippen LogP contribution in [0.1, 0.15) is 12.0 Å². The summed E-state index contributed by atoms with van der Waals surface area (Å²) in [6, 6.07) is 13.9. The highest BCUT2D eigenvalue weighted by molar-refractivity contribution is 6.30. The number of hydrogen-bond donors (Lipinski definition) is 1. The van der Waals surface area contributed by atoms with Gasteiger partial charge < -0.3 is 10.2 Å². The van der Waals surface area contributed by atoms with E-state index in [1.54, 1.807) is 12.1 Å². The van der Waals surface area contributed by atoms with Gasteiger partial charge in [0.15, 0.2) is 0 Å². The van der Waals surface area contributed by atoms with Crippen LogP contribution in [0.2, 0.25) is 5.02 Å². The monoisotopic (exact) mass is 402 g/mol. The van der Waals surface area contributed by atoms with E-state index < -0.39 is 4.92 Å². The van der Waals surface area contributed by atoms with E-state index in [4.69, 9.17) is 11.6 Å². The lowest BCUT2D eigenvalue weighted by atomic mass is 10.2. The summed E-state index contributed by atoms with van der Waals surface area (Å²) in [5.74, 6) is -0.137. The minimum atomic E-state index is -0.474. The molecule has 0 bridgehead atoms. The molecule has 0 atom stereocenters. The highest BCUT2D eigenvalue weighted by Gasteiger charge is 2.18. The zero-order valence-electron chi connectivity index (χ0n) is 15.5. The fraction of sp³-hybridized carbons (Fsp3) is 0.350. The van der Waals surface area contributed by atoms with E-state index in [1.165, 1.54) is 17.7 Å². The molecule has 148 valence electrons.